The van der Waals surface area contributed by atoms with Crippen molar-refractivity contribution in [1.29, 1.82) is 0 Å². The molecule has 0 aliphatic carbocycles. The van der Waals surface area contributed by atoms with E-state index in [1.54, 1.807) is 6.20 Å². The Morgan fingerprint density at radius 2 is 2.00 bits per heavy atom. The van der Waals surface area contributed by atoms with Gasteiger partial charge < -0.3 is 15.3 Å². The molecule has 0 bridgehead atoms. The van der Waals surface area contributed by atoms with Gasteiger partial charge in [-0.15, -0.1) is 0 Å². The van der Waals surface area contributed by atoms with E-state index in [2.05, 4.69) is 4.98 Å². The van der Waals surface area contributed by atoms with Crippen molar-refractivity contribution in [3.8, 4) is 0 Å². The standard InChI is InChI=1S/C14H15NO4/c16-13(17)6-10(7-14(18)19)11-5-9-3-1-2-4-12(9)15-8-11/h1-5,8,10,13,16-17H,6-7H2,(H,18,19). The molecule has 0 fully saturated rings. The number of hydrogen-bond acceptors (Lipinski definition) is 4. The zero-order valence-electron chi connectivity index (χ0n) is 10.2. The van der Waals surface area contributed by atoms with Gasteiger partial charge in [-0.3, -0.25) is 9.78 Å². The number of aromatic nitrogens is 1. The van der Waals surface area contributed by atoms with E-state index in [0.29, 0.717) is 5.56 Å². The first-order valence-corrected chi connectivity index (χ1v) is 5.99. The normalized spacial score (nSPS) is 12.8. The molecule has 0 saturated carbocycles. The van der Waals surface area contributed by atoms with Gasteiger partial charge in [-0.2, -0.15) is 0 Å². The van der Waals surface area contributed by atoms with Crippen molar-refractivity contribution >= 4 is 16.9 Å². The molecular weight excluding hydrogens is 246 g/mol. The summed E-state index contributed by atoms with van der Waals surface area (Å²) in [5.74, 6) is -1.44. The van der Waals surface area contributed by atoms with Crippen LogP contribution in [0.3, 0.4) is 0 Å². The van der Waals surface area contributed by atoms with Crippen LogP contribution < -0.4 is 0 Å². The van der Waals surface area contributed by atoms with E-state index in [1.165, 1.54) is 0 Å². The summed E-state index contributed by atoms with van der Waals surface area (Å²) in [7, 11) is 0. The van der Waals surface area contributed by atoms with E-state index in [0.717, 1.165) is 10.9 Å². The molecule has 0 aliphatic rings. The number of nitrogens with zero attached hydrogens (tertiary/aromatic N) is 1. The van der Waals surface area contributed by atoms with E-state index in [1.807, 2.05) is 30.3 Å². The highest BCUT2D eigenvalue weighted by molar-refractivity contribution is 5.79. The van der Waals surface area contributed by atoms with Crippen molar-refractivity contribution < 1.29 is 20.1 Å². The van der Waals surface area contributed by atoms with Crippen molar-refractivity contribution in [2.75, 3.05) is 0 Å². The number of carboxylic acids is 1. The minimum Gasteiger partial charge on any atom is -0.481 e. The van der Waals surface area contributed by atoms with Gasteiger partial charge in [-0.25, -0.2) is 0 Å². The summed E-state index contributed by atoms with van der Waals surface area (Å²) in [4.78, 5) is 15.1. The Balaban J connectivity index is 2.34. The van der Waals surface area contributed by atoms with Crippen LogP contribution in [-0.4, -0.2) is 32.6 Å². The second-order valence-corrected chi connectivity index (χ2v) is 4.47. The van der Waals surface area contributed by atoms with E-state index in [-0.39, 0.29) is 12.8 Å². The molecule has 0 spiro atoms. The molecule has 1 aromatic heterocycles. The summed E-state index contributed by atoms with van der Waals surface area (Å²) in [5.41, 5.74) is 1.53. The first kappa shape index (κ1) is 13.5. The Kier molecular flexibility index (Phi) is 4.09. The molecule has 0 aliphatic heterocycles. The zero-order valence-corrected chi connectivity index (χ0v) is 10.2. The summed E-state index contributed by atoms with van der Waals surface area (Å²) >= 11 is 0. The summed E-state index contributed by atoms with van der Waals surface area (Å²) < 4.78 is 0. The first-order chi connectivity index (χ1) is 9.06. The Labute approximate surface area is 110 Å². The van der Waals surface area contributed by atoms with Gasteiger partial charge in [0, 0.05) is 23.9 Å². The van der Waals surface area contributed by atoms with Crippen LogP contribution in [0.15, 0.2) is 36.5 Å². The van der Waals surface area contributed by atoms with Crippen LogP contribution in [-0.2, 0) is 4.79 Å². The molecule has 100 valence electrons. The molecule has 19 heavy (non-hydrogen) atoms. The third kappa shape index (κ3) is 3.49. The van der Waals surface area contributed by atoms with Crippen molar-refractivity contribution in [2.45, 2.75) is 25.0 Å². The molecule has 5 heteroatoms. The largest absolute Gasteiger partial charge is 0.481 e. The molecule has 0 radical (unpaired) electrons. The Morgan fingerprint density at radius 1 is 1.26 bits per heavy atom. The van der Waals surface area contributed by atoms with Gasteiger partial charge in [0.15, 0.2) is 6.29 Å². The van der Waals surface area contributed by atoms with E-state index in [9.17, 15) is 4.79 Å². The van der Waals surface area contributed by atoms with Crippen LogP contribution in [0.1, 0.15) is 24.3 Å². The zero-order chi connectivity index (χ0) is 13.8. The van der Waals surface area contributed by atoms with Gasteiger partial charge in [0.25, 0.3) is 0 Å². The van der Waals surface area contributed by atoms with E-state index in [4.69, 9.17) is 15.3 Å². The number of aliphatic hydroxyl groups is 2. The lowest BCUT2D eigenvalue weighted by atomic mass is 9.92. The number of aliphatic carboxylic acids is 1. The SMILES string of the molecule is O=C(O)CC(CC(O)O)c1cnc2ccccc2c1. The van der Waals surface area contributed by atoms with Gasteiger partial charge in [0.05, 0.1) is 11.9 Å². The van der Waals surface area contributed by atoms with Crippen molar-refractivity contribution in [3.63, 3.8) is 0 Å². The molecule has 1 atom stereocenters. The molecule has 0 amide bonds. The maximum atomic E-state index is 10.8. The number of hydrogen-bond donors (Lipinski definition) is 3. The average molecular weight is 261 g/mol. The number of pyridine rings is 1. The molecule has 1 aromatic carbocycles. The third-order valence-electron chi connectivity index (χ3n) is 3.00. The lowest BCUT2D eigenvalue weighted by Crippen LogP contribution is -2.15. The number of benzene rings is 1. The predicted molar refractivity (Wildman–Crippen MR) is 69.6 cm³/mol. The summed E-state index contributed by atoms with van der Waals surface area (Å²) in [6, 6.07) is 9.35. The van der Waals surface area contributed by atoms with Crippen LogP contribution in [0.25, 0.3) is 10.9 Å². The van der Waals surface area contributed by atoms with Crippen molar-refractivity contribution in [2.24, 2.45) is 0 Å². The molecule has 1 unspecified atom stereocenters. The molecular formula is C14H15NO4. The maximum absolute atomic E-state index is 10.8. The van der Waals surface area contributed by atoms with E-state index < -0.39 is 18.2 Å². The highest BCUT2D eigenvalue weighted by Gasteiger charge is 2.19. The van der Waals surface area contributed by atoms with Crippen LogP contribution in [0.2, 0.25) is 0 Å². The fourth-order valence-corrected chi connectivity index (χ4v) is 2.11. The Bertz CT molecular complexity index is 582. The molecule has 1 heterocycles. The Morgan fingerprint density at radius 3 is 2.68 bits per heavy atom. The first-order valence-electron chi connectivity index (χ1n) is 5.99. The molecule has 5 nitrogen and oxygen atoms in total. The van der Waals surface area contributed by atoms with Gasteiger partial charge in [-0.05, 0) is 17.7 Å². The minimum atomic E-state index is -1.53. The topological polar surface area (TPSA) is 90.7 Å². The van der Waals surface area contributed by atoms with Crippen LogP contribution in [0.5, 0.6) is 0 Å². The number of carbonyl (C=O) groups is 1. The molecule has 3 N–H and O–H groups in total. The monoisotopic (exact) mass is 261 g/mol. The highest BCUT2D eigenvalue weighted by atomic mass is 16.5. The third-order valence-corrected chi connectivity index (χ3v) is 3.00. The second-order valence-electron chi connectivity index (χ2n) is 4.47. The lowest BCUT2D eigenvalue weighted by Gasteiger charge is -2.16. The number of carboxylic acid groups (broad SMARTS) is 1. The van der Waals surface area contributed by atoms with Gasteiger partial charge in [0.1, 0.15) is 0 Å². The average Bonchev–Trinajstić information content (AvgIpc) is 2.36. The van der Waals surface area contributed by atoms with E-state index >= 15 is 0 Å². The Hall–Kier alpha value is -1.98. The highest BCUT2D eigenvalue weighted by Crippen LogP contribution is 2.26. The minimum absolute atomic E-state index is 0.0215. The number of rotatable bonds is 5. The number of para-hydroxylation sites is 1. The summed E-state index contributed by atoms with van der Waals surface area (Å²) in [6.07, 6.45) is -0.113. The predicted octanol–water partition coefficient (Wildman–Crippen LogP) is 1.49. The van der Waals surface area contributed by atoms with Crippen LogP contribution >= 0.6 is 0 Å². The van der Waals surface area contributed by atoms with Gasteiger partial charge >= 0.3 is 5.97 Å². The summed E-state index contributed by atoms with van der Waals surface area (Å²) in [5, 5.41) is 27.9. The molecule has 2 rings (SSSR count). The fourth-order valence-electron chi connectivity index (χ4n) is 2.11. The molecule has 2 aromatic rings. The maximum Gasteiger partial charge on any atom is 0.303 e. The lowest BCUT2D eigenvalue weighted by molar-refractivity contribution is -0.138. The second kappa shape index (κ2) is 5.77. The van der Waals surface area contributed by atoms with Gasteiger partial charge in [-0.1, -0.05) is 18.2 Å². The number of aliphatic hydroxyl groups excluding tert-OH is 1. The smallest absolute Gasteiger partial charge is 0.303 e. The summed E-state index contributed by atoms with van der Waals surface area (Å²) in [6.45, 7) is 0. The van der Waals surface area contributed by atoms with Crippen molar-refractivity contribution in [3.05, 3.63) is 42.1 Å². The van der Waals surface area contributed by atoms with Gasteiger partial charge in [0.2, 0.25) is 0 Å². The van der Waals surface area contributed by atoms with Crippen molar-refractivity contribution in [1.82, 2.24) is 4.98 Å². The van der Waals surface area contributed by atoms with Crippen LogP contribution in [0.4, 0.5) is 0 Å². The quantitative estimate of drug-likeness (QED) is 0.709. The molecule has 0 saturated heterocycles. The number of fused-ring (bicyclic) bond motifs is 1. The fraction of sp³-hybridized carbons (Fsp3) is 0.286. The van der Waals surface area contributed by atoms with Crippen LogP contribution in [0, 0.1) is 0 Å².